The Bertz CT molecular complexity index is 386. The van der Waals surface area contributed by atoms with Gasteiger partial charge in [-0.2, -0.15) is 0 Å². The van der Waals surface area contributed by atoms with Crippen LogP contribution < -0.4 is 10.5 Å². The molecule has 2 N–H and O–H groups in total. The van der Waals surface area contributed by atoms with Crippen molar-refractivity contribution in [2.75, 3.05) is 6.61 Å². The van der Waals surface area contributed by atoms with Crippen LogP contribution in [0.3, 0.4) is 0 Å². The second-order valence-corrected chi connectivity index (χ2v) is 5.02. The van der Waals surface area contributed by atoms with Crippen molar-refractivity contribution < 1.29 is 4.74 Å². The molecule has 0 saturated heterocycles. The summed E-state index contributed by atoms with van der Waals surface area (Å²) in [6.45, 7) is 7.29. The summed E-state index contributed by atoms with van der Waals surface area (Å²) in [5, 5.41) is 0. The topological polar surface area (TPSA) is 35.2 Å². The number of benzene rings is 1. The molecule has 1 unspecified atom stereocenters. The molecule has 0 aromatic heterocycles. The van der Waals surface area contributed by atoms with Gasteiger partial charge in [0.2, 0.25) is 0 Å². The summed E-state index contributed by atoms with van der Waals surface area (Å²) < 4.78 is 5.68. The van der Waals surface area contributed by atoms with E-state index in [-0.39, 0.29) is 5.54 Å². The monoisotopic (exact) mass is 219 g/mol. The Labute approximate surface area is 97.8 Å². The Morgan fingerprint density at radius 1 is 1.44 bits per heavy atom. The van der Waals surface area contributed by atoms with E-state index >= 15 is 0 Å². The largest absolute Gasteiger partial charge is 0.493 e. The van der Waals surface area contributed by atoms with Crippen LogP contribution in [0.1, 0.15) is 50.7 Å². The van der Waals surface area contributed by atoms with E-state index in [1.165, 1.54) is 11.1 Å². The summed E-state index contributed by atoms with van der Waals surface area (Å²) in [5.41, 5.74) is 8.79. The minimum Gasteiger partial charge on any atom is -0.493 e. The second-order valence-electron chi connectivity index (χ2n) is 5.02. The first-order chi connectivity index (χ1) is 7.57. The Hall–Kier alpha value is -1.02. The van der Waals surface area contributed by atoms with E-state index in [9.17, 15) is 0 Å². The third kappa shape index (κ3) is 1.82. The van der Waals surface area contributed by atoms with Crippen LogP contribution in [0.2, 0.25) is 0 Å². The fourth-order valence-corrected chi connectivity index (χ4v) is 2.27. The quantitative estimate of drug-likeness (QED) is 0.829. The molecule has 88 valence electrons. The molecular weight excluding hydrogens is 198 g/mol. The summed E-state index contributed by atoms with van der Waals surface area (Å²) in [6, 6.07) is 6.44. The molecule has 0 radical (unpaired) electrons. The SMILES string of the molecule is CCC1(N)CCOc2ccc(C(C)C)cc21. The average molecular weight is 219 g/mol. The van der Waals surface area contributed by atoms with Crippen molar-refractivity contribution in [1.29, 1.82) is 0 Å². The van der Waals surface area contributed by atoms with Gasteiger partial charge in [0.15, 0.2) is 0 Å². The zero-order chi connectivity index (χ0) is 11.8. The Kier molecular flexibility index (Phi) is 2.94. The Balaban J connectivity index is 2.49. The molecular formula is C14H21NO. The molecule has 2 rings (SSSR count). The van der Waals surface area contributed by atoms with Crippen molar-refractivity contribution in [3.05, 3.63) is 29.3 Å². The highest BCUT2D eigenvalue weighted by atomic mass is 16.5. The van der Waals surface area contributed by atoms with Crippen LogP contribution >= 0.6 is 0 Å². The van der Waals surface area contributed by atoms with Gasteiger partial charge in [0.25, 0.3) is 0 Å². The van der Waals surface area contributed by atoms with Gasteiger partial charge in [0, 0.05) is 17.5 Å². The first kappa shape index (κ1) is 11.5. The minimum atomic E-state index is -0.196. The van der Waals surface area contributed by atoms with Crippen molar-refractivity contribution in [3.8, 4) is 5.75 Å². The molecule has 1 atom stereocenters. The van der Waals surface area contributed by atoms with E-state index in [0.29, 0.717) is 5.92 Å². The van der Waals surface area contributed by atoms with Crippen molar-refractivity contribution in [2.24, 2.45) is 5.73 Å². The lowest BCUT2D eigenvalue weighted by molar-refractivity contribution is 0.212. The lowest BCUT2D eigenvalue weighted by atomic mass is 9.81. The molecule has 1 heterocycles. The van der Waals surface area contributed by atoms with Crippen LogP contribution in [0, 0.1) is 0 Å². The maximum atomic E-state index is 6.46. The van der Waals surface area contributed by atoms with Crippen LogP contribution in [0.4, 0.5) is 0 Å². The summed E-state index contributed by atoms with van der Waals surface area (Å²) in [6.07, 6.45) is 1.88. The molecule has 1 aliphatic heterocycles. The molecule has 0 aliphatic carbocycles. The number of fused-ring (bicyclic) bond motifs is 1. The molecule has 0 saturated carbocycles. The molecule has 1 aromatic rings. The molecule has 1 aliphatic rings. The van der Waals surface area contributed by atoms with Crippen LogP contribution in [-0.2, 0) is 5.54 Å². The van der Waals surface area contributed by atoms with Gasteiger partial charge >= 0.3 is 0 Å². The lowest BCUT2D eigenvalue weighted by Crippen LogP contribution is -2.40. The number of hydrogen-bond acceptors (Lipinski definition) is 2. The lowest BCUT2D eigenvalue weighted by Gasteiger charge is -2.35. The van der Waals surface area contributed by atoms with Gasteiger partial charge in [-0.3, -0.25) is 0 Å². The Morgan fingerprint density at radius 3 is 2.81 bits per heavy atom. The van der Waals surface area contributed by atoms with E-state index < -0.39 is 0 Å². The van der Waals surface area contributed by atoms with Crippen molar-refractivity contribution in [3.63, 3.8) is 0 Å². The average Bonchev–Trinajstić information content (AvgIpc) is 2.29. The van der Waals surface area contributed by atoms with Gasteiger partial charge in [-0.1, -0.05) is 26.8 Å². The summed E-state index contributed by atoms with van der Waals surface area (Å²) in [4.78, 5) is 0. The maximum Gasteiger partial charge on any atom is 0.124 e. The highest BCUT2D eigenvalue weighted by molar-refractivity contribution is 5.44. The number of hydrogen-bond donors (Lipinski definition) is 1. The first-order valence-electron chi connectivity index (χ1n) is 6.13. The van der Waals surface area contributed by atoms with E-state index in [0.717, 1.165) is 25.2 Å². The highest BCUT2D eigenvalue weighted by Crippen LogP contribution is 2.38. The molecule has 0 fully saturated rings. The van der Waals surface area contributed by atoms with Gasteiger partial charge in [0.05, 0.1) is 6.61 Å². The fourth-order valence-electron chi connectivity index (χ4n) is 2.27. The van der Waals surface area contributed by atoms with Gasteiger partial charge < -0.3 is 10.5 Å². The van der Waals surface area contributed by atoms with Crippen LogP contribution in [0.5, 0.6) is 5.75 Å². The van der Waals surface area contributed by atoms with E-state index in [2.05, 4.69) is 39.0 Å². The zero-order valence-electron chi connectivity index (χ0n) is 10.4. The first-order valence-corrected chi connectivity index (χ1v) is 6.13. The molecule has 0 amide bonds. The van der Waals surface area contributed by atoms with Crippen LogP contribution in [0.25, 0.3) is 0 Å². The van der Waals surface area contributed by atoms with E-state index in [1.807, 2.05) is 0 Å². The molecule has 1 aromatic carbocycles. The minimum absolute atomic E-state index is 0.196. The highest BCUT2D eigenvalue weighted by Gasteiger charge is 2.32. The van der Waals surface area contributed by atoms with Crippen LogP contribution in [0.15, 0.2) is 18.2 Å². The standard InChI is InChI=1S/C14H21NO/c1-4-14(15)7-8-16-13-6-5-11(10(2)3)9-12(13)14/h5-6,9-10H,4,7-8,15H2,1-3H3. The van der Waals surface area contributed by atoms with E-state index in [1.54, 1.807) is 0 Å². The van der Waals surface area contributed by atoms with Gasteiger partial charge in [-0.05, 0) is 30.0 Å². The number of ether oxygens (including phenoxy) is 1. The summed E-state index contributed by atoms with van der Waals surface area (Å²) in [7, 11) is 0. The van der Waals surface area contributed by atoms with Gasteiger partial charge in [-0.25, -0.2) is 0 Å². The second kappa shape index (κ2) is 4.10. The molecule has 16 heavy (non-hydrogen) atoms. The van der Waals surface area contributed by atoms with Crippen LogP contribution in [-0.4, -0.2) is 6.61 Å². The summed E-state index contributed by atoms with van der Waals surface area (Å²) >= 11 is 0. The predicted molar refractivity (Wildman–Crippen MR) is 66.8 cm³/mol. The molecule has 2 heteroatoms. The fraction of sp³-hybridized carbons (Fsp3) is 0.571. The maximum absolute atomic E-state index is 6.46. The van der Waals surface area contributed by atoms with Crippen molar-refractivity contribution in [1.82, 2.24) is 0 Å². The van der Waals surface area contributed by atoms with Gasteiger partial charge in [-0.15, -0.1) is 0 Å². The third-order valence-corrected chi connectivity index (χ3v) is 3.64. The number of nitrogens with two attached hydrogens (primary N) is 1. The summed E-state index contributed by atoms with van der Waals surface area (Å²) in [5.74, 6) is 1.51. The smallest absolute Gasteiger partial charge is 0.124 e. The normalized spacial score (nSPS) is 24.1. The molecule has 0 bridgehead atoms. The molecule has 2 nitrogen and oxygen atoms in total. The van der Waals surface area contributed by atoms with E-state index in [4.69, 9.17) is 10.5 Å². The van der Waals surface area contributed by atoms with Crippen molar-refractivity contribution in [2.45, 2.75) is 45.1 Å². The predicted octanol–water partition coefficient (Wildman–Crippen LogP) is 3.16. The number of rotatable bonds is 2. The zero-order valence-corrected chi connectivity index (χ0v) is 10.4. The van der Waals surface area contributed by atoms with Gasteiger partial charge in [0.1, 0.15) is 5.75 Å². The molecule has 0 spiro atoms. The third-order valence-electron chi connectivity index (χ3n) is 3.64. The van der Waals surface area contributed by atoms with Crippen molar-refractivity contribution >= 4 is 0 Å². The Morgan fingerprint density at radius 2 is 2.19 bits per heavy atom.